The standard InChI is InChI=1S/C21H16F4N2O5S2/c22-15-3-5-16(6-4-15)34(30,31)27-9-10-32-19-7-1-13(11-18(19)27)17-12-14(21(23,24)25)2-8-20(17)33(26,28)29/h1-8,11-12H,9-10H2,(H2,26,28,29). The Balaban J connectivity index is 1.90. The second kappa shape index (κ2) is 8.25. The van der Waals surface area contributed by atoms with Crippen molar-refractivity contribution in [3.63, 3.8) is 0 Å². The number of nitrogens with two attached hydrogens (primary N) is 1. The third-order valence-electron chi connectivity index (χ3n) is 5.11. The predicted molar refractivity (Wildman–Crippen MR) is 115 cm³/mol. The summed E-state index contributed by atoms with van der Waals surface area (Å²) in [5, 5.41) is 5.21. The molecule has 1 heterocycles. The Morgan fingerprint density at radius 2 is 1.59 bits per heavy atom. The van der Waals surface area contributed by atoms with Crippen LogP contribution >= 0.6 is 0 Å². The summed E-state index contributed by atoms with van der Waals surface area (Å²) in [5.74, 6) is -0.520. The SMILES string of the molecule is NS(=O)(=O)c1ccc(C(F)(F)F)cc1-c1ccc2c(c1)N(S(=O)(=O)c1ccc(F)cc1)CCO2. The van der Waals surface area contributed by atoms with Crippen LogP contribution in [0.1, 0.15) is 5.56 Å². The lowest BCUT2D eigenvalue weighted by atomic mass is 10.0. The predicted octanol–water partition coefficient (Wildman–Crippen LogP) is 3.75. The van der Waals surface area contributed by atoms with Crippen molar-refractivity contribution in [2.75, 3.05) is 17.5 Å². The van der Waals surface area contributed by atoms with E-state index < -0.39 is 42.5 Å². The quantitative estimate of drug-likeness (QED) is 0.532. The summed E-state index contributed by atoms with van der Waals surface area (Å²) in [6, 6.07) is 9.92. The van der Waals surface area contributed by atoms with E-state index in [1.54, 1.807) is 0 Å². The number of hydrogen-bond acceptors (Lipinski definition) is 5. The summed E-state index contributed by atoms with van der Waals surface area (Å²) in [5.41, 5.74) is -1.52. The van der Waals surface area contributed by atoms with E-state index in [9.17, 15) is 34.4 Å². The Kier molecular flexibility index (Phi) is 5.82. The van der Waals surface area contributed by atoms with Gasteiger partial charge in [-0.15, -0.1) is 0 Å². The molecule has 7 nitrogen and oxygen atoms in total. The molecule has 0 spiro atoms. The zero-order chi connectivity index (χ0) is 24.9. The number of halogens is 4. The highest BCUT2D eigenvalue weighted by Crippen LogP contribution is 2.41. The van der Waals surface area contributed by atoms with E-state index in [1.807, 2.05) is 0 Å². The molecule has 1 aliphatic heterocycles. The third-order valence-corrected chi connectivity index (χ3v) is 7.90. The summed E-state index contributed by atoms with van der Waals surface area (Å²) in [4.78, 5) is -0.776. The molecule has 0 aliphatic carbocycles. The van der Waals surface area contributed by atoms with Gasteiger partial charge in [-0.3, -0.25) is 4.31 Å². The van der Waals surface area contributed by atoms with Gasteiger partial charge in [0.1, 0.15) is 18.2 Å². The van der Waals surface area contributed by atoms with Crippen molar-refractivity contribution in [1.82, 2.24) is 0 Å². The zero-order valence-corrected chi connectivity index (χ0v) is 18.7. The van der Waals surface area contributed by atoms with E-state index >= 15 is 0 Å². The van der Waals surface area contributed by atoms with E-state index in [2.05, 4.69) is 0 Å². The molecular formula is C21H16F4N2O5S2. The lowest BCUT2D eigenvalue weighted by molar-refractivity contribution is -0.137. The van der Waals surface area contributed by atoms with E-state index in [0.29, 0.717) is 12.1 Å². The maximum atomic E-state index is 13.3. The van der Waals surface area contributed by atoms with Gasteiger partial charge in [-0.2, -0.15) is 13.2 Å². The van der Waals surface area contributed by atoms with E-state index in [0.717, 1.165) is 34.6 Å². The smallest absolute Gasteiger partial charge is 0.416 e. The van der Waals surface area contributed by atoms with Crippen LogP contribution in [0.2, 0.25) is 0 Å². The first kappa shape index (κ1) is 24.0. The molecule has 0 amide bonds. The summed E-state index contributed by atoms with van der Waals surface area (Å²) >= 11 is 0. The van der Waals surface area contributed by atoms with Crippen LogP contribution in [0, 0.1) is 5.82 Å². The fourth-order valence-electron chi connectivity index (χ4n) is 3.52. The van der Waals surface area contributed by atoms with E-state index in [-0.39, 0.29) is 40.6 Å². The van der Waals surface area contributed by atoms with E-state index in [1.165, 1.54) is 18.2 Å². The van der Waals surface area contributed by atoms with Gasteiger partial charge in [0, 0.05) is 5.56 Å². The van der Waals surface area contributed by atoms with Crippen molar-refractivity contribution in [3.8, 4) is 16.9 Å². The van der Waals surface area contributed by atoms with Crippen LogP contribution in [-0.4, -0.2) is 30.0 Å². The lowest BCUT2D eigenvalue weighted by Crippen LogP contribution is -2.37. The molecule has 3 aromatic carbocycles. The monoisotopic (exact) mass is 516 g/mol. The average Bonchev–Trinajstić information content (AvgIpc) is 2.77. The van der Waals surface area contributed by atoms with Crippen LogP contribution in [-0.2, 0) is 26.2 Å². The van der Waals surface area contributed by atoms with Crippen molar-refractivity contribution in [2.24, 2.45) is 5.14 Å². The molecule has 2 N–H and O–H groups in total. The normalized spacial score (nSPS) is 14.4. The molecule has 0 aromatic heterocycles. The second-order valence-corrected chi connectivity index (χ2v) is 10.7. The van der Waals surface area contributed by atoms with E-state index in [4.69, 9.17) is 9.88 Å². The Bertz CT molecular complexity index is 1470. The average molecular weight is 516 g/mol. The fourth-order valence-corrected chi connectivity index (χ4v) is 5.72. The molecule has 3 aromatic rings. The molecule has 1 aliphatic rings. The molecule has 0 saturated carbocycles. The number of primary sulfonamides is 1. The Labute approximate surface area is 192 Å². The molecular weight excluding hydrogens is 500 g/mol. The number of rotatable bonds is 4. The zero-order valence-electron chi connectivity index (χ0n) is 17.1. The highest BCUT2D eigenvalue weighted by atomic mass is 32.2. The topological polar surface area (TPSA) is 107 Å². The van der Waals surface area contributed by atoms with Crippen LogP contribution in [0.3, 0.4) is 0 Å². The maximum absolute atomic E-state index is 13.3. The number of hydrogen-bond donors (Lipinski definition) is 1. The van der Waals surface area contributed by atoms with Gasteiger partial charge >= 0.3 is 6.18 Å². The minimum absolute atomic E-state index is 0.0151. The van der Waals surface area contributed by atoms with Crippen molar-refractivity contribution in [2.45, 2.75) is 16.0 Å². The fraction of sp³-hybridized carbons (Fsp3) is 0.143. The summed E-state index contributed by atoms with van der Waals surface area (Å²) in [6.07, 6.45) is -4.76. The van der Waals surface area contributed by atoms with Crippen molar-refractivity contribution in [3.05, 3.63) is 72.0 Å². The van der Waals surface area contributed by atoms with Gasteiger partial charge in [-0.25, -0.2) is 26.4 Å². The maximum Gasteiger partial charge on any atom is 0.416 e. The van der Waals surface area contributed by atoms with Crippen LogP contribution in [0.5, 0.6) is 5.75 Å². The molecule has 4 rings (SSSR count). The number of ether oxygens (including phenoxy) is 1. The Morgan fingerprint density at radius 1 is 0.912 bits per heavy atom. The molecule has 0 saturated heterocycles. The number of fused-ring (bicyclic) bond motifs is 1. The van der Waals surface area contributed by atoms with Gasteiger partial charge in [0.25, 0.3) is 10.0 Å². The van der Waals surface area contributed by atoms with Crippen molar-refractivity contribution >= 4 is 25.7 Å². The largest absolute Gasteiger partial charge is 0.489 e. The van der Waals surface area contributed by atoms with Gasteiger partial charge in [0.05, 0.1) is 27.6 Å². The first-order valence-corrected chi connectivity index (χ1v) is 12.6. The third kappa shape index (κ3) is 4.45. The van der Waals surface area contributed by atoms with Crippen molar-refractivity contribution in [1.29, 1.82) is 0 Å². The lowest BCUT2D eigenvalue weighted by Gasteiger charge is -2.31. The minimum Gasteiger partial charge on any atom is -0.489 e. The first-order valence-electron chi connectivity index (χ1n) is 9.58. The molecule has 180 valence electrons. The summed E-state index contributed by atoms with van der Waals surface area (Å²) in [7, 11) is -8.62. The number of nitrogens with zero attached hydrogens (tertiary/aromatic N) is 1. The molecule has 0 unspecified atom stereocenters. The van der Waals surface area contributed by atoms with Crippen LogP contribution in [0.15, 0.2) is 70.5 Å². The molecule has 0 bridgehead atoms. The number of alkyl halides is 3. The van der Waals surface area contributed by atoms with Gasteiger partial charge in [-0.1, -0.05) is 6.07 Å². The Hall–Kier alpha value is -3.16. The summed E-state index contributed by atoms with van der Waals surface area (Å²) in [6.45, 7) is -0.153. The van der Waals surface area contributed by atoms with Gasteiger partial charge in [-0.05, 0) is 60.2 Å². The number of anilines is 1. The number of benzene rings is 3. The minimum atomic E-state index is -4.76. The van der Waals surface area contributed by atoms with Crippen LogP contribution in [0.25, 0.3) is 11.1 Å². The highest BCUT2D eigenvalue weighted by Gasteiger charge is 2.34. The van der Waals surface area contributed by atoms with Crippen LogP contribution in [0.4, 0.5) is 23.2 Å². The summed E-state index contributed by atoms with van der Waals surface area (Å²) < 4.78 is 110. The molecule has 34 heavy (non-hydrogen) atoms. The highest BCUT2D eigenvalue weighted by molar-refractivity contribution is 7.92. The second-order valence-electron chi connectivity index (χ2n) is 7.32. The molecule has 13 heteroatoms. The first-order chi connectivity index (χ1) is 15.8. The van der Waals surface area contributed by atoms with Gasteiger partial charge in [0.2, 0.25) is 10.0 Å². The molecule has 0 radical (unpaired) electrons. The molecule has 0 atom stereocenters. The number of sulfonamides is 2. The van der Waals surface area contributed by atoms with Gasteiger partial charge in [0.15, 0.2) is 0 Å². The molecule has 0 fully saturated rings. The van der Waals surface area contributed by atoms with Crippen molar-refractivity contribution < 1.29 is 39.1 Å². The Morgan fingerprint density at radius 3 is 2.21 bits per heavy atom. The van der Waals surface area contributed by atoms with Gasteiger partial charge < -0.3 is 4.74 Å². The van der Waals surface area contributed by atoms with Crippen LogP contribution < -0.4 is 14.2 Å².